The molecule has 108 valence electrons. The van der Waals surface area contributed by atoms with E-state index in [2.05, 4.69) is 10.3 Å². The zero-order valence-corrected chi connectivity index (χ0v) is 12.3. The summed E-state index contributed by atoms with van der Waals surface area (Å²) >= 11 is 5.98. The molecule has 2 rings (SSSR count). The van der Waals surface area contributed by atoms with Gasteiger partial charge in [0, 0.05) is 55.6 Å². The molecule has 0 radical (unpaired) electrons. The second kappa shape index (κ2) is 6.63. The van der Waals surface area contributed by atoms with Crippen molar-refractivity contribution in [3.05, 3.63) is 40.9 Å². The van der Waals surface area contributed by atoms with Gasteiger partial charge in [-0.3, -0.25) is 0 Å². The van der Waals surface area contributed by atoms with Crippen molar-refractivity contribution in [2.75, 3.05) is 13.7 Å². The summed E-state index contributed by atoms with van der Waals surface area (Å²) in [6.07, 6.45) is 4.52. The van der Waals surface area contributed by atoms with Crippen LogP contribution in [0.15, 0.2) is 24.5 Å². The third-order valence-electron chi connectivity index (χ3n) is 3.10. The van der Waals surface area contributed by atoms with Gasteiger partial charge in [-0.1, -0.05) is 11.6 Å². The number of hydrogen-bond acceptors (Lipinski definition) is 4. The fraction of sp³-hybridized carbons (Fsp3) is 0.357. The number of phenols is 1. The molecule has 2 aromatic rings. The summed E-state index contributed by atoms with van der Waals surface area (Å²) in [5, 5.41) is 13.8. The van der Waals surface area contributed by atoms with Gasteiger partial charge in [-0.05, 0) is 6.07 Å². The normalized spacial score (nSPS) is 10.8. The molecule has 0 unspecified atom stereocenters. The van der Waals surface area contributed by atoms with Crippen molar-refractivity contribution in [2.45, 2.75) is 13.0 Å². The quantitative estimate of drug-likeness (QED) is 0.802. The molecule has 1 heterocycles. The van der Waals surface area contributed by atoms with E-state index in [-0.39, 0.29) is 5.75 Å². The number of benzene rings is 1. The Balaban J connectivity index is 1.91. The molecule has 1 aromatic heterocycles. The molecule has 0 fully saturated rings. The van der Waals surface area contributed by atoms with Crippen LogP contribution in [-0.2, 0) is 20.0 Å². The lowest BCUT2D eigenvalue weighted by atomic mass is 10.2. The minimum atomic E-state index is 0.126. The lowest BCUT2D eigenvalue weighted by Crippen LogP contribution is -2.18. The number of aryl methyl sites for hydroxylation is 1. The summed E-state index contributed by atoms with van der Waals surface area (Å²) in [4.78, 5) is 4.25. The maximum absolute atomic E-state index is 10.0. The highest BCUT2D eigenvalue weighted by molar-refractivity contribution is 6.30. The number of halogens is 1. The Morgan fingerprint density at radius 2 is 2.25 bits per heavy atom. The third kappa shape index (κ3) is 3.43. The van der Waals surface area contributed by atoms with Gasteiger partial charge in [-0.2, -0.15) is 0 Å². The Morgan fingerprint density at radius 1 is 1.45 bits per heavy atom. The summed E-state index contributed by atoms with van der Waals surface area (Å²) in [6.45, 7) is 1.28. The van der Waals surface area contributed by atoms with Gasteiger partial charge in [0.1, 0.15) is 5.82 Å². The van der Waals surface area contributed by atoms with Crippen LogP contribution in [0.25, 0.3) is 0 Å². The average Bonchev–Trinajstić information content (AvgIpc) is 2.83. The molecular weight excluding hydrogens is 278 g/mol. The Labute approximate surface area is 123 Å². The Bertz CT molecular complexity index is 584. The molecule has 1 aromatic carbocycles. The number of aromatic nitrogens is 2. The van der Waals surface area contributed by atoms with Crippen molar-refractivity contribution in [3.63, 3.8) is 0 Å². The van der Waals surface area contributed by atoms with Crippen molar-refractivity contribution in [2.24, 2.45) is 7.05 Å². The van der Waals surface area contributed by atoms with E-state index in [1.807, 2.05) is 17.8 Å². The minimum absolute atomic E-state index is 0.126. The van der Waals surface area contributed by atoms with Gasteiger partial charge >= 0.3 is 0 Å². The van der Waals surface area contributed by atoms with Crippen molar-refractivity contribution in [3.8, 4) is 11.5 Å². The van der Waals surface area contributed by atoms with E-state index in [1.54, 1.807) is 18.3 Å². The van der Waals surface area contributed by atoms with E-state index < -0.39 is 0 Å². The summed E-state index contributed by atoms with van der Waals surface area (Å²) in [5.74, 6) is 1.53. The standard InChI is InChI=1S/C14H18ClN3O2/c1-18-6-5-17-13(18)3-4-16-9-10-7-11(15)8-12(20-2)14(10)19/h5-8,16,19H,3-4,9H2,1-2H3. The highest BCUT2D eigenvalue weighted by Gasteiger charge is 2.09. The number of ether oxygens (including phenoxy) is 1. The SMILES string of the molecule is COc1cc(Cl)cc(CNCCc2nccn2C)c1O. The van der Waals surface area contributed by atoms with Crippen LogP contribution in [0.3, 0.4) is 0 Å². The summed E-state index contributed by atoms with van der Waals surface area (Å²) in [5.41, 5.74) is 0.717. The van der Waals surface area contributed by atoms with Crippen molar-refractivity contribution >= 4 is 11.6 Å². The molecule has 0 amide bonds. The van der Waals surface area contributed by atoms with Crippen LogP contribution in [0.1, 0.15) is 11.4 Å². The number of methoxy groups -OCH3 is 1. The van der Waals surface area contributed by atoms with Crippen LogP contribution >= 0.6 is 11.6 Å². The Kier molecular flexibility index (Phi) is 4.87. The van der Waals surface area contributed by atoms with Crippen molar-refractivity contribution < 1.29 is 9.84 Å². The van der Waals surface area contributed by atoms with E-state index >= 15 is 0 Å². The molecule has 0 bridgehead atoms. The zero-order chi connectivity index (χ0) is 14.5. The van der Waals surface area contributed by atoms with Gasteiger partial charge in [0.15, 0.2) is 11.5 Å². The van der Waals surface area contributed by atoms with E-state index in [0.717, 1.165) is 18.8 Å². The summed E-state index contributed by atoms with van der Waals surface area (Å²) in [7, 11) is 3.47. The third-order valence-corrected chi connectivity index (χ3v) is 3.32. The lowest BCUT2D eigenvalue weighted by molar-refractivity contribution is 0.369. The number of aromatic hydroxyl groups is 1. The fourth-order valence-corrected chi connectivity index (χ4v) is 2.21. The Hall–Kier alpha value is -1.72. The van der Waals surface area contributed by atoms with Crippen LogP contribution < -0.4 is 10.1 Å². The molecule has 0 aliphatic rings. The molecule has 6 heteroatoms. The molecule has 0 saturated heterocycles. The average molecular weight is 296 g/mol. The first-order chi connectivity index (χ1) is 9.61. The zero-order valence-electron chi connectivity index (χ0n) is 11.6. The molecule has 2 N–H and O–H groups in total. The fourth-order valence-electron chi connectivity index (χ4n) is 1.98. The van der Waals surface area contributed by atoms with Crippen LogP contribution in [0.4, 0.5) is 0 Å². The van der Waals surface area contributed by atoms with Gasteiger partial charge in [-0.15, -0.1) is 0 Å². The van der Waals surface area contributed by atoms with E-state index in [9.17, 15) is 5.11 Å². The number of phenolic OH excluding ortho intramolecular Hbond substituents is 1. The molecule has 5 nitrogen and oxygen atoms in total. The molecule has 0 aliphatic heterocycles. The van der Waals surface area contributed by atoms with Crippen LogP contribution in [0.2, 0.25) is 5.02 Å². The molecule has 20 heavy (non-hydrogen) atoms. The molecule has 0 aliphatic carbocycles. The topological polar surface area (TPSA) is 59.3 Å². The maximum Gasteiger partial charge on any atom is 0.162 e. The lowest BCUT2D eigenvalue weighted by Gasteiger charge is -2.11. The first-order valence-corrected chi connectivity index (χ1v) is 6.72. The van der Waals surface area contributed by atoms with Gasteiger partial charge < -0.3 is 19.7 Å². The maximum atomic E-state index is 10.0. The summed E-state index contributed by atoms with van der Waals surface area (Å²) < 4.78 is 7.06. The van der Waals surface area contributed by atoms with Gasteiger partial charge in [0.2, 0.25) is 0 Å². The van der Waals surface area contributed by atoms with E-state index in [0.29, 0.717) is 22.9 Å². The predicted molar refractivity (Wildman–Crippen MR) is 78.3 cm³/mol. The monoisotopic (exact) mass is 295 g/mol. The second-order valence-electron chi connectivity index (χ2n) is 4.50. The number of imidazole rings is 1. The predicted octanol–water partition coefficient (Wildman–Crippen LogP) is 2.12. The smallest absolute Gasteiger partial charge is 0.162 e. The number of nitrogens with zero attached hydrogens (tertiary/aromatic N) is 2. The largest absolute Gasteiger partial charge is 0.504 e. The van der Waals surface area contributed by atoms with Crippen LogP contribution in [-0.4, -0.2) is 28.3 Å². The van der Waals surface area contributed by atoms with Crippen LogP contribution in [0, 0.1) is 0 Å². The van der Waals surface area contributed by atoms with E-state index in [1.165, 1.54) is 7.11 Å². The summed E-state index contributed by atoms with van der Waals surface area (Å²) in [6, 6.07) is 3.32. The van der Waals surface area contributed by atoms with Crippen molar-refractivity contribution in [1.29, 1.82) is 0 Å². The number of hydrogen-bond donors (Lipinski definition) is 2. The molecule has 0 saturated carbocycles. The van der Waals surface area contributed by atoms with Crippen LogP contribution in [0.5, 0.6) is 11.5 Å². The highest BCUT2D eigenvalue weighted by atomic mass is 35.5. The molecule has 0 atom stereocenters. The van der Waals surface area contributed by atoms with Crippen molar-refractivity contribution in [1.82, 2.24) is 14.9 Å². The molecule has 0 spiro atoms. The van der Waals surface area contributed by atoms with E-state index in [4.69, 9.17) is 16.3 Å². The van der Waals surface area contributed by atoms with Gasteiger partial charge in [0.05, 0.1) is 7.11 Å². The highest BCUT2D eigenvalue weighted by Crippen LogP contribution is 2.33. The first-order valence-electron chi connectivity index (χ1n) is 6.34. The first kappa shape index (κ1) is 14.7. The number of nitrogens with one attached hydrogen (secondary N) is 1. The van der Waals surface area contributed by atoms with Gasteiger partial charge in [-0.25, -0.2) is 4.98 Å². The second-order valence-corrected chi connectivity index (χ2v) is 4.93. The Morgan fingerprint density at radius 3 is 2.90 bits per heavy atom. The molecular formula is C14H18ClN3O2. The van der Waals surface area contributed by atoms with Gasteiger partial charge in [0.25, 0.3) is 0 Å². The minimum Gasteiger partial charge on any atom is -0.504 e. The number of rotatable bonds is 6.